The molecule has 2 rings (SSSR count). The number of anilines is 1. The molecule has 0 unspecified atom stereocenters. The zero-order valence-corrected chi connectivity index (χ0v) is 9.95. The number of halogens is 1. The zero-order valence-electron chi connectivity index (χ0n) is 9.14. The lowest BCUT2D eigenvalue weighted by Crippen LogP contribution is -2.05. The minimum Gasteiger partial charge on any atom is -0.382 e. The number of benzene rings is 1. The highest BCUT2D eigenvalue weighted by molar-refractivity contribution is 7.99. The molecule has 1 aromatic carbocycles. The van der Waals surface area contributed by atoms with E-state index in [1.165, 1.54) is 12.4 Å². The Hall–Kier alpha value is -1.62. The molecule has 2 aromatic rings. The van der Waals surface area contributed by atoms with E-state index in [0.717, 1.165) is 10.8 Å². The van der Waals surface area contributed by atoms with Gasteiger partial charge in [-0.2, -0.15) is 0 Å². The monoisotopic (exact) mass is 249 g/mol. The lowest BCUT2D eigenvalue weighted by molar-refractivity contribution is 0.630. The zero-order chi connectivity index (χ0) is 11.9. The lowest BCUT2D eigenvalue weighted by atomic mass is 10.3. The molecule has 0 fully saturated rings. The number of nitrogens with one attached hydrogen (secondary N) is 1. The van der Waals surface area contributed by atoms with E-state index >= 15 is 0 Å². The fourth-order valence-corrected chi connectivity index (χ4v) is 2.00. The Morgan fingerprint density at radius 2 is 2.12 bits per heavy atom. The fourth-order valence-electron chi connectivity index (χ4n) is 1.31. The second-order valence-corrected chi connectivity index (χ2v) is 4.42. The van der Waals surface area contributed by atoms with Crippen LogP contribution < -0.4 is 5.32 Å². The highest BCUT2D eigenvalue weighted by Crippen LogP contribution is 2.15. The molecule has 0 bridgehead atoms. The predicted molar refractivity (Wildman–Crippen MR) is 67.6 cm³/mol. The van der Waals surface area contributed by atoms with Crippen LogP contribution in [0.1, 0.15) is 0 Å². The van der Waals surface area contributed by atoms with Gasteiger partial charge in [-0.05, 0) is 18.2 Å². The molecular weight excluding hydrogens is 237 g/mol. The number of hydrogen-bond acceptors (Lipinski definition) is 4. The Morgan fingerprint density at radius 1 is 1.24 bits per heavy atom. The maximum Gasteiger partial charge on any atom is 0.146 e. The van der Waals surface area contributed by atoms with Crippen LogP contribution >= 0.6 is 11.8 Å². The largest absolute Gasteiger partial charge is 0.382 e. The third-order valence-corrected chi connectivity index (χ3v) is 3.04. The van der Waals surface area contributed by atoms with Crippen molar-refractivity contribution in [1.29, 1.82) is 0 Å². The number of rotatable bonds is 5. The summed E-state index contributed by atoms with van der Waals surface area (Å²) >= 11 is 1.61. The van der Waals surface area contributed by atoms with Crippen molar-refractivity contribution in [3.63, 3.8) is 0 Å². The summed E-state index contributed by atoms with van der Waals surface area (Å²) in [5.74, 6) is 0.602. The Bertz CT molecular complexity index is 464. The van der Waals surface area contributed by atoms with Gasteiger partial charge in [0.05, 0.1) is 10.7 Å². The van der Waals surface area contributed by atoms with Gasteiger partial charge in [-0.15, -0.1) is 11.8 Å². The van der Waals surface area contributed by atoms with E-state index in [9.17, 15) is 4.39 Å². The van der Waals surface area contributed by atoms with Crippen molar-refractivity contribution in [2.75, 3.05) is 17.6 Å². The van der Waals surface area contributed by atoms with Gasteiger partial charge in [-0.25, -0.2) is 14.4 Å². The molecule has 0 amide bonds. The summed E-state index contributed by atoms with van der Waals surface area (Å²) in [6.07, 6.45) is 3.23. The first-order valence-corrected chi connectivity index (χ1v) is 6.22. The summed E-state index contributed by atoms with van der Waals surface area (Å²) < 4.78 is 13.2. The van der Waals surface area contributed by atoms with Crippen molar-refractivity contribution in [1.82, 2.24) is 9.97 Å². The molecule has 1 N–H and O–H groups in total. The summed E-state index contributed by atoms with van der Waals surface area (Å²) in [6.45, 7) is 0.690. The third kappa shape index (κ3) is 3.71. The van der Waals surface area contributed by atoms with Gasteiger partial charge in [0, 0.05) is 18.5 Å². The molecule has 0 spiro atoms. The maximum atomic E-state index is 13.2. The molecule has 0 aliphatic carbocycles. The number of nitrogens with zero attached hydrogens (tertiary/aromatic N) is 2. The first-order chi connectivity index (χ1) is 8.36. The summed E-state index contributed by atoms with van der Waals surface area (Å²) in [5, 5.41) is 3.97. The van der Waals surface area contributed by atoms with Gasteiger partial charge in [-0.3, -0.25) is 0 Å². The second-order valence-electron chi connectivity index (χ2n) is 3.30. The number of hydrogen-bond donors (Lipinski definition) is 1. The van der Waals surface area contributed by atoms with Crippen LogP contribution in [-0.4, -0.2) is 22.3 Å². The summed E-state index contributed by atoms with van der Waals surface area (Å²) in [6, 6.07) is 8.51. The predicted octanol–water partition coefficient (Wildman–Crippen LogP) is 2.82. The first-order valence-electron chi connectivity index (χ1n) is 5.23. The van der Waals surface area contributed by atoms with E-state index in [1.54, 1.807) is 30.1 Å². The van der Waals surface area contributed by atoms with Crippen LogP contribution in [0.4, 0.5) is 10.1 Å². The summed E-state index contributed by atoms with van der Waals surface area (Å²) in [7, 11) is 0. The van der Waals surface area contributed by atoms with Gasteiger partial charge >= 0.3 is 0 Å². The molecule has 1 heterocycles. The van der Waals surface area contributed by atoms with Gasteiger partial charge in [0.15, 0.2) is 0 Å². The van der Waals surface area contributed by atoms with Crippen molar-refractivity contribution in [3.05, 3.63) is 48.7 Å². The molecule has 5 heteroatoms. The minimum atomic E-state index is -0.223. The van der Waals surface area contributed by atoms with Gasteiger partial charge in [0.1, 0.15) is 12.1 Å². The van der Waals surface area contributed by atoms with Crippen molar-refractivity contribution < 1.29 is 4.39 Å². The van der Waals surface area contributed by atoms with E-state index in [2.05, 4.69) is 15.3 Å². The topological polar surface area (TPSA) is 37.8 Å². The lowest BCUT2D eigenvalue weighted by Gasteiger charge is -2.06. The second kappa shape index (κ2) is 6.20. The molecule has 3 nitrogen and oxygen atoms in total. The van der Waals surface area contributed by atoms with Crippen molar-refractivity contribution in [2.24, 2.45) is 0 Å². The molecule has 17 heavy (non-hydrogen) atoms. The van der Waals surface area contributed by atoms with Crippen molar-refractivity contribution >= 4 is 17.4 Å². The van der Waals surface area contributed by atoms with Crippen LogP contribution in [0.15, 0.2) is 47.9 Å². The van der Waals surface area contributed by atoms with Crippen LogP contribution in [-0.2, 0) is 0 Å². The van der Waals surface area contributed by atoms with Crippen molar-refractivity contribution in [2.45, 2.75) is 5.03 Å². The van der Waals surface area contributed by atoms with E-state index in [0.29, 0.717) is 12.2 Å². The molecule has 0 aliphatic rings. The van der Waals surface area contributed by atoms with E-state index in [1.807, 2.05) is 12.1 Å². The molecule has 0 aliphatic heterocycles. The smallest absolute Gasteiger partial charge is 0.146 e. The molecular formula is C12H12FN3S. The van der Waals surface area contributed by atoms with Crippen LogP contribution in [0, 0.1) is 5.82 Å². The van der Waals surface area contributed by atoms with E-state index in [4.69, 9.17) is 0 Å². The van der Waals surface area contributed by atoms with Gasteiger partial charge in [0.25, 0.3) is 0 Å². The van der Waals surface area contributed by atoms with Crippen LogP contribution in [0.3, 0.4) is 0 Å². The number of aromatic nitrogens is 2. The molecule has 0 saturated carbocycles. The van der Waals surface area contributed by atoms with Crippen LogP contribution in [0.2, 0.25) is 0 Å². The van der Waals surface area contributed by atoms with Crippen LogP contribution in [0.5, 0.6) is 0 Å². The standard InChI is InChI=1S/C12H12FN3S/c13-10-3-1-2-4-11(10)15-7-8-17-12-5-6-14-9-16-12/h1-6,9,15H,7-8H2. The highest BCUT2D eigenvalue weighted by Gasteiger charge is 1.99. The summed E-state index contributed by atoms with van der Waals surface area (Å²) in [4.78, 5) is 7.93. The Morgan fingerprint density at radius 3 is 2.88 bits per heavy atom. The number of thioether (sulfide) groups is 1. The van der Waals surface area contributed by atoms with Gasteiger partial charge < -0.3 is 5.32 Å². The third-order valence-electron chi connectivity index (χ3n) is 2.10. The molecule has 1 aromatic heterocycles. The molecule has 0 saturated heterocycles. The van der Waals surface area contributed by atoms with E-state index in [-0.39, 0.29) is 5.82 Å². The molecule has 0 atom stereocenters. The SMILES string of the molecule is Fc1ccccc1NCCSc1ccncn1. The molecule has 0 radical (unpaired) electrons. The Kier molecular flexibility index (Phi) is 4.32. The average molecular weight is 249 g/mol. The normalized spacial score (nSPS) is 10.2. The summed E-state index contributed by atoms with van der Waals surface area (Å²) in [5.41, 5.74) is 0.538. The van der Waals surface area contributed by atoms with Gasteiger partial charge in [0.2, 0.25) is 0 Å². The van der Waals surface area contributed by atoms with Crippen LogP contribution in [0.25, 0.3) is 0 Å². The Balaban J connectivity index is 1.76. The van der Waals surface area contributed by atoms with Gasteiger partial charge in [-0.1, -0.05) is 12.1 Å². The number of para-hydroxylation sites is 1. The quantitative estimate of drug-likeness (QED) is 0.502. The Labute approximate surface area is 103 Å². The van der Waals surface area contributed by atoms with E-state index < -0.39 is 0 Å². The van der Waals surface area contributed by atoms with Crippen molar-refractivity contribution in [3.8, 4) is 0 Å². The minimum absolute atomic E-state index is 0.223. The highest BCUT2D eigenvalue weighted by atomic mass is 32.2. The average Bonchev–Trinajstić information content (AvgIpc) is 2.38. The molecule has 88 valence electrons. The first kappa shape index (κ1) is 11.9. The maximum absolute atomic E-state index is 13.2. The fraction of sp³-hybridized carbons (Fsp3) is 0.167.